The maximum absolute atomic E-state index is 5.37. The van der Waals surface area contributed by atoms with Gasteiger partial charge in [-0.2, -0.15) is 0 Å². The van der Waals surface area contributed by atoms with Crippen molar-refractivity contribution in [1.82, 2.24) is 0 Å². The maximum atomic E-state index is 5.37. The predicted octanol–water partition coefficient (Wildman–Crippen LogP) is 4.29. The second kappa shape index (κ2) is 4.62. The van der Waals surface area contributed by atoms with E-state index in [9.17, 15) is 0 Å². The second-order valence-corrected chi connectivity index (χ2v) is 4.45. The molecule has 0 atom stereocenters. The molecule has 0 fully saturated rings. The molecular weight excluding hydrogens is 208 g/mol. The zero-order valence-electron chi connectivity index (χ0n) is 10.9. The highest BCUT2D eigenvalue weighted by Gasteiger charge is 2.08. The van der Waals surface area contributed by atoms with Crippen LogP contribution >= 0.6 is 0 Å². The molecule has 0 aliphatic heterocycles. The molecule has 0 N–H and O–H groups in total. The Bertz CT molecular complexity index is 541. The van der Waals surface area contributed by atoms with Gasteiger partial charge in [0.2, 0.25) is 0 Å². The normalized spacial score (nSPS) is 10.4. The van der Waals surface area contributed by atoms with Gasteiger partial charge in [-0.3, -0.25) is 0 Å². The van der Waals surface area contributed by atoms with Gasteiger partial charge in [0, 0.05) is 0 Å². The predicted molar refractivity (Wildman–Crippen MR) is 72.6 cm³/mol. The van der Waals surface area contributed by atoms with Gasteiger partial charge < -0.3 is 4.74 Å². The molecule has 2 rings (SSSR count). The molecule has 0 radical (unpaired) electrons. The van der Waals surface area contributed by atoms with Crippen LogP contribution < -0.4 is 4.74 Å². The van der Waals surface area contributed by atoms with Crippen LogP contribution in [0.4, 0.5) is 0 Å². The van der Waals surface area contributed by atoms with Crippen LogP contribution in [0.5, 0.6) is 5.75 Å². The standard InChI is InChI=1S/C16H18O/c1-11-8-9-14(12(2)10-11)15-6-5-7-16(17-4)13(15)3/h5-10H,1-4H3. The van der Waals surface area contributed by atoms with E-state index in [2.05, 4.69) is 45.0 Å². The lowest BCUT2D eigenvalue weighted by Gasteiger charge is -2.13. The van der Waals surface area contributed by atoms with E-state index in [1.165, 1.54) is 27.8 Å². The molecule has 0 aliphatic rings. The number of hydrogen-bond acceptors (Lipinski definition) is 1. The van der Waals surface area contributed by atoms with Crippen LogP contribution in [0.3, 0.4) is 0 Å². The highest BCUT2D eigenvalue weighted by molar-refractivity contribution is 5.72. The zero-order valence-corrected chi connectivity index (χ0v) is 10.9. The smallest absolute Gasteiger partial charge is 0.122 e. The van der Waals surface area contributed by atoms with Gasteiger partial charge in [-0.1, -0.05) is 35.9 Å². The molecule has 0 amide bonds. The van der Waals surface area contributed by atoms with E-state index in [1.54, 1.807) is 7.11 Å². The third-order valence-corrected chi connectivity index (χ3v) is 3.18. The van der Waals surface area contributed by atoms with Crippen LogP contribution in [0.15, 0.2) is 36.4 Å². The number of benzene rings is 2. The van der Waals surface area contributed by atoms with Crippen molar-refractivity contribution in [3.63, 3.8) is 0 Å². The Labute approximate surface area is 103 Å². The summed E-state index contributed by atoms with van der Waals surface area (Å²) in [4.78, 5) is 0. The molecule has 88 valence electrons. The number of ether oxygens (including phenoxy) is 1. The average Bonchev–Trinajstić information content (AvgIpc) is 2.30. The number of aryl methyl sites for hydroxylation is 2. The Balaban J connectivity index is 2.60. The summed E-state index contributed by atoms with van der Waals surface area (Å²) in [5.41, 5.74) is 6.34. The third-order valence-electron chi connectivity index (χ3n) is 3.18. The lowest BCUT2D eigenvalue weighted by molar-refractivity contribution is 0.412. The van der Waals surface area contributed by atoms with E-state index in [1.807, 2.05) is 12.1 Å². The van der Waals surface area contributed by atoms with Crippen molar-refractivity contribution in [2.24, 2.45) is 0 Å². The molecule has 0 heterocycles. The Hall–Kier alpha value is -1.76. The molecular formula is C16H18O. The van der Waals surface area contributed by atoms with Crippen LogP contribution in [-0.4, -0.2) is 7.11 Å². The van der Waals surface area contributed by atoms with E-state index in [-0.39, 0.29) is 0 Å². The van der Waals surface area contributed by atoms with Crippen LogP contribution in [0.1, 0.15) is 16.7 Å². The fraction of sp³-hybridized carbons (Fsp3) is 0.250. The summed E-state index contributed by atoms with van der Waals surface area (Å²) in [5, 5.41) is 0. The van der Waals surface area contributed by atoms with E-state index in [4.69, 9.17) is 4.74 Å². The van der Waals surface area contributed by atoms with Crippen molar-refractivity contribution in [3.05, 3.63) is 53.1 Å². The summed E-state index contributed by atoms with van der Waals surface area (Å²) in [6.45, 7) is 6.38. The van der Waals surface area contributed by atoms with Crippen molar-refractivity contribution in [3.8, 4) is 16.9 Å². The van der Waals surface area contributed by atoms with Crippen LogP contribution in [0.2, 0.25) is 0 Å². The molecule has 0 saturated carbocycles. The first-order chi connectivity index (χ1) is 8.13. The molecule has 0 spiro atoms. The van der Waals surface area contributed by atoms with E-state index in [0.717, 1.165) is 5.75 Å². The lowest BCUT2D eigenvalue weighted by Crippen LogP contribution is -1.92. The van der Waals surface area contributed by atoms with Crippen molar-refractivity contribution >= 4 is 0 Å². The van der Waals surface area contributed by atoms with Crippen molar-refractivity contribution in [1.29, 1.82) is 0 Å². The Kier molecular flexibility index (Phi) is 3.19. The fourth-order valence-electron chi connectivity index (χ4n) is 2.24. The van der Waals surface area contributed by atoms with Gasteiger partial charge in [0.15, 0.2) is 0 Å². The first-order valence-corrected chi connectivity index (χ1v) is 5.84. The van der Waals surface area contributed by atoms with Gasteiger partial charge >= 0.3 is 0 Å². The van der Waals surface area contributed by atoms with Crippen molar-refractivity contribution < 1.29 is 4.74 Å². The van der Waals surface area contributed by atoms with Gasteiger partial charge in [-0.05, 0) is 49.1 Å². The van der Waals surface area contributed by atoms with Crippen LogP contribution in [0.25, 0.3) is 11.1 Å². The first kappa shape index (κ1) is 11.7. The minimum atomic E-state index is 0.947. The molecule has 0 aromatic heterocycles. The van der Waals surface area contributed by atoms with E-state index >= 15 is 0 Å². The average molecular weight is 226 g/mol. The number of methoxy groups -OCH3 is 1. The lowest BCUT2D eigenvalue weighted by atomic mass is 9.95. The molecule has 1 nitrogen and oxygen atoms in total. The Morgan fingerprint density at radius 2 is 1.65 bits per heavy atom. The fourth-order valence-corrected chi connectivity index (χ4v) is 2.24. The van der Waals surface area contributed by atoms with Crippen molar-refractivity contribution in [2.45, 2.75) is 20.8 Å². The van der Waals surface area contributed by atoms with Crippen LogP contribution in [-0.2, 0) is 0 Å². The van der Waals surface area contributed by atoms with E-state index in [0.29, 0.717) is 0 Å². The summed E-state index contributed by atoms with van der Waals surface area (Å²) in [5.74, 6) is 0.947. The Morgan fingerprint density at radius 3 is 2.29 bits per heavy atom. The maximum Gasteiger partial charge on any atom is 0.122 e. The zero-order chi connectivity index (χ0) is 12.4. The minimum Gasteiger partial charge on any atom is -0.496 e. The molecule has 0 saturated heterocycles. The van der Waals surface area contributed by atoms with Gasteiger partial charge in [-0.15, -0.1) is 0 Å². The molecule has 17 heavy (non-hydrogen) atoms. The summed E-state index contributed by atoms with van der Waals surface area (Å²) >= 11 is 0. The molecule has 0 bridgehead atoms. The molecule has 2 aromatic carbocycles. The number of hydrogen-bond donors (Lipinski definition) is 0. The van der Waals surface area contributed by atoms with Crippen molar-refractivity contribution in [2.75, 3.05) is 7.11 Å². The first-order valence-electron chi connectivity index (χ1n) is 5.84. The SMILES string of the molecule is COc1cccc(-c2ccc(C)cc2C)c1C. The van der Waals surface area contributed by atoms with Gasteiger partial charge in [0.25, 0.3) is 0 Å². The largest absolute Gasteiger partial charge is 0.496 e. The minimum absolute atomic E-state index is 0.947. The van der Waals surface area contributed by atoms with Gasteiger partial charge in [0.05, 0.1) is 7.11 Å². The van der Waals surface area contributed by atoms with Gasteiger partial charge in [0.1, 0.15) is 5.75 Å². The van der Waals surface area contributed by atoms with E-state index < -0.39 is 0 Å². The number of rotatable bonds is 2. The quantitative estimate of drug-likeness (QED) is 0.742. The summed E-state index contributed by atoms with van der Waals surface area (Å²) in [6, 6.07) is 12.8. The Morgan fingerprint density at radius 1 is 0.882 bits per heavy atom. The molecule has 2 aromatic rings. The molecule has 0 aliphatic carbocycles. The summed E-state index contributed by atoms with van der Waals surface area (Å²) in [7, 11) is 1.72. The highest BCUT2D eigenvalue weighted by atomic mass is 16.5. The van der Waals surface area contributed by atoms with Gasteiger partial charge in [-0.25, -0.2) is 0 Å². The molecule has 0 unspecified atom stereocenters. The van der Waals surface area contributed by atoms with Crippen LogP contribution in [0, 0.1) is 20.8 Å². The second-order valence-electron chi connectivity index (χ2n) is 4.45. The highest BCUT2D eigenvalue weighted by Crippen LogP contribution is 2.31. The summed E-state index contributed by atoms with van der Waals surface area (Å²) in [6.07, 6.45) is 0. The summed E-state index contributed by atoms with van der Waals surface area (Å²) < 4.78 is 5.37. The third kappa shape index (κ3) is 2.19. The topological polar surface area (TPSA) is 9.23 Å². The monoisotopic (exact) mass is 226 g/mol. The molecule has 1 heteroatoms.